The third-order valence-electron chi connectivity index (χ3n) is 3.41. The van der Waals surface area contributed by atoms with Crippen LogP contribution in [0.2, 0.25) is 0 Å². The van der Waals surface area contributed by atoms with Crippen LogP contribution in [0.4, 0.5) is 5.69 Å². The second-order valence-electron chi connectivity index (χ2n) is 5.10. The highest BCUT2D eigenvalue weighted by atomic mass is 32.1. The largest absolute Gasteiger partial charge is 0.399 e. The van der Waals surface area contributed by atoms with Crippen LogP contribution in [0.15, 0.2) is 54.6 Å². The summed E-state index contributed by atoms with van der Waals surface area (Å²) in [6.45, 7) is 2.04. The highest BCUT2D eigenvalue weighted by Crippen LogP contribution is 2.28. The Bertz CT molecular complexity index is 809. The summed E-state index contributed by atoms with van der Waals surface area (Å²) in [5, 5.41) is 0.837. The topological polar surface area (TPSA) is 56.0 Å². The maximum atomic E-state index is 12.3. The van der Waals surface area contributed by atoms with Crippen molar-refractivity contribution in [1.29, 1.82) is 0 Å². The summed E-state index contributed by atoms with van der Waals surface area (Å²) in [5.74, 6) is 0.0423. The molecule has 0 fully saturated rings. The quantitative estimate of drug-likeness (QED) is 0.582. The Morgan fingerprint density at radius 1 is 1.14 bits per heavy atom. The Morgan fingerprint density at radius 2 is 1.91 bits per heavy atom. The van der Waals surface area contributed by atoms with Gasteiger partial charge in [0.05, 0.1) is 12.1 Å². The Labute approximate surface area is 133 Å². The van der Waals surface area contributed by atoms with Gasteiger partial charge in [-0.25, -0.2) is 4.98 Å². The van der Waals surface area contributed by atoms with Crippen molar-refractivity contribution >= 4 is 22.8 Å². The van der Waals surface area contributed by atoms with Gasteiger partial charge in [0.15, 0.2) is 5.78 Å². The van der Waals surface area contributed by atoms with Crippen LogP contribution in [0.1, 0.15) is 20.2 Å². The molecule has 22 heavy (non-hydrogen) atoms. The van der Waals surface area contributed by atoms with Gasteiger partial charge < -0.3 is 5.73 Å². The number of carbonyl (C=O) groups excluding carboxylic acids is 1. The molecule has 4 heteroatoms. The SMILES string of the molecule is Cc1sc(CC(=O)c2cccc(N)c2)nc1-c1ccccc1. The molecule has 0 aliphatic carbocycles. The number of ketones is 1. The van der Waals surface area contributed by atoms with Gasteiger partial charge in [0.25, 0.3) is 0 Å². The fourth-order valence-electron chi connectivity index (χ4n) is 2.34. The van der Waals surface area contributed by atoms with Gasteiger partial charge in [0.1, 0.15) is 5.01 Å². The number of nitrogen functional groups attached to an aromatic ring is 1. The Balaban J connectivity index is 1.84. The summed E-state index contributed by atoms with van der Waals surface area (Å²) < 4.78 is 0. The molecule has 0 radical (unpaired) electrons. The highest BCUT2D eigenvalue weighted by molar-refractivity contribution is 7.12. The number of carbonyl (C=O) groups is 1. The van der Waals surface area contributed by atoms with E-state index in [1.807, 2.05) is 37.3 Å². The van der Waals surface area contributed by atoms with E-state index in [0.717, 1.165) is 21.1 Å². The number of aryl methyl sites for hydroxylation is 1. The number of hydrogen-bond acceptors (Lipinski definition) is 4. The van der Waals surface area contributed by atoms with E-state index in [0.29, 0.717) is 17.7 Å². The van der Waals surface area contributed by atoms with E-state index >= 15 is 0 Å². The zero-order chi connectivity index (χ0) is 15.5. The van der Waals surface area contributed by atoms with Gasteiger partial charge in [0.2, 0.25) is 0 Å². The Kier molecular flexibility index (Phi) is 4.02. The van der Waals surface area contributed by atoms with Gasteiger partial charge in [-0.1, -0.05) is 42.5 Å². The molecule has 0 spiro atoms. The van der Waals surface area contributed by atoms with E-state index in [-0.39, 0.29) is 5.78 Å². The fraction of sp³-hybridized carbons (Fsp3) is 0.111. The first-order chi connectivity index (χ1) is 10.6. The monoisotopic (exact) mass is 308 g/mol. The van der Waals surface area contributed by atoms with Crippen LogP contribution < -0.4 is 5.73 Å². The maximum Gasteiger partial charge on any atom is 0.169 e. The molecule has 0 saturated carbocycles. The molecule has 0 unspecified atom stereocenters. The number of nitrogens with zero attached hydrogens (tertiary/aromatic N) is 1. The molecular weight excluding hydrogens is 292 g/mol. The van der Waals surface area contributed by atoms with Crippen molar-refractivity contribution in [2.45, 2.75) is 13.3 Å². The summed E-state index contributed by atoms with van der Waals surface area (Å²) in [4.78, 5) is 18.1. The molecule has 110 valence electrons. The molecule has 3 aromatic rings. The van der Waals surface area contributed by atoms with Crippen molar-refractivity contribution in [3.63, 3.8) is 0 Å². The lowest BCUT2D eigenvalue weighted by molar-refractivity contribution is 0.0993. The normalized spacial score (nSPS) is 10.6. The average Bonchev–Trinajstić information content (AvgIpc) is 2.88. The van der Waals surface area contributed by atoms with Gasteiger partial charge >= 0.3 is 0 Å². The van der Waals surface area contributed by atoms with E-state index in [2.05, 4.69) is 4.98 Å². The molecule has 3 rings (SSSR count). The fourth-order valence-corrected chi connectivity index (χ4v) is 3.30. The molecule has 0 bridgehead atoms. The third kappa shape index (κ3) is 3.07. The summed E-state index contributed by atoms with van der Waals surface area (Å²) in [7, 11) is 0. The average molecular weight is 308 g/mol. The van der Waals surface area contributed by atoms with Crippen molar-refractivity contribution in [2.75, 3.05) is 5.73 Å². The van der Waals surface area contributed by atoms with Crippen LogP contribution in [0.5, 0.6) is 0 Å². The molecule has 0 amide bonds. The van der Waals surface area contributed by atoms with Gasteiger partial charge in [-0.3, -0.25) is 4.79 Å². The van der Waals surface area contributed by atoms with E-state index in [1.165, 1.54) is 0 Å². The number of Topliss-reactive ketones (excluding diaryl/α,β-unsaturated/α-hetero) is 1. The lowest BCUT2D eigenvalue weighted by Gasteiger charge is -2.00. The summed E-state index contributed by atoms with van der Waals surface area (Å²) >= 11 is 1.57. The number of benzene rings is 2. The number of hydrogen-bond donors (Lipinski definition) is 1. The first kappa shape index (κ1) is 14.5. The minimum atomic E-state index is 0.0423. The number of anilines is 1. The zero-order valence-corrected chi connectivity index (χ0v) is 13.1. The summed E-state index contributed by atoms with van der Waals surface area (Å²) in [5.41, 5.74) is 9.01. The van der Waals surface area contributed by atoms with Crippen molar-refractivity contribution in [3.8, 4) is 11.3 Å². The lowest BCUT2D eigenvalue weighted by atomic mass is 10.1. The van der Waals surface area contributed by atoms with Crippen LogP contribution in [0.25, 0.3) is 11.3 Å². The molecule has 3 nitrogen and oxygen atoms in total. The molecule has 1 aromatic heterocycles. The molecule has 0 aliphatic heterocycles. The minimum absolute atomic E-state index is 0.0423. The second kappa shape index (κ2) is 6.12. The van der Waals surface area contributed by atoms with Crippen LogP contribution in [0.3, 0.4) is 0 Å². The van der Waals surface area contributed by atoms with Crippen molar-refractivity contribution in [2.24, 2.45) is 0 Å². The Morgan fingerprint density at radius 3 is 2.64 bits per heavy atom. The maximum absolute atomic E-state index is 12.3. The number of nitrogens with two attached hydrogens (primary N) is 1. The second-order valence-corrected chi connectivity index (χ2v) is 6.39. The van der Waals surface area contributed by atoms with Crippen molar-refractivity contribution in [1.82, 2.24) is 4.98 Å². The number of thiazole rings is 1. The van der Waals surface area contributed by atoms with Crippen molar-refractivity contribution < 1.29 is 4.79 Å². The number of aromatic nitrogens is 1. The van der Waals surface area contributed by atoms with Crippen LogP contribution in [-0.4, -0.2) is 10.8 Å². The van der Waals surface area contributed by atoms with E-state index in [4.69, 9.17) is 5.73 Å². The van der Waals surface area contributed by atoms with Gasteiger partial charge in [-0.15, -0.1) is 11.3 Å². The van der Waals surface area contributed by atoms with Gasteiger partial charge in [-0.05, 0) is 19.1 Å². The molecule has 0 atom stereocenters. The van der Waals surface area contributed by atoms with E-state index in [1.54, 1.807) is 35.6 Å². The first-order valence-electron chi connectivity index (χ1n) is 7.04. The molecule has 0 aliphatic rings. The van der Waals surface area contributed by atoms with Gasteiger partial charge in [0, 0.05) is 21.7 Å². The standard InChI is InChI=1S/C18H16N2OS/c1-12-18(13-6-3-2-4-7-13)20-17(22-12)11-16(21)14-8-5-9-15(19)10-14/h2-10H,11,19H2,1H3. The van der Waals surface area contributed by atoms with Gasteiger partial charge in [-0.2, -0.15) is 0 Å². The molecular formula is C18H16N2OS. The summed E-state index contributed by atoms with van der Waals surface area (Å²) in [6, 6.07) is 17.1. The minimum Gasteiger partial charge on any atom is -0.399 e. The highest BCUT2D eigenvalue weighted by Gasteiger charge is 2.14. The van der Waals surface area contributed by atoms with E-state index < -0.39 is 0 Å². The van der Waals surface area contributed by atoms with Crippen molar-refractivity contribution in [3.05, 3.63) is 70.0 Å². The van der Waals surface area contributed by atoms with Crippen LogP contribution in [-0.2, 0) is 6.42 Å². The Hall–Kier alpha value is -2.46. The lowest BCUT2D eigenvalue weighted by Crippen LogP contribution is -2.03. The zero-order valence-electron chi connectivity index (χ0n) is 12.2. The van der Waals surface area contributed by atoms with E-state index in [9.17, 15) is 4.79 Å². The van der Waals surface area contributed by atoms with Crippen LogP contribution in [0, 0.1) is 6.92 Å². The molecule has 2 aromatic carbocycles. The predicted molar refractivity (Wildman–Crippen MR) is 91.2 cm³/mol. The predicted octanol–water partition coefficient (Wildman–Crippen LogP) is 4.13. The molecule has 2 N–H and O–H groups in total. The molecule has 1 heterocycles. The molecule has 0 saturated heterocycles. The third-order valence-corrected chi connectivity index (χ3v) is 4.38. The smallest absolute Gasteiger partial charge is 0.169 e. The van der Waals surface area contributed by atoms with Crippen LogP contribution >= 0.6 is 11.3 Å². The summed E-state index contributed by atoms with van der Waals surface area (Å²) in [6.07, 6.45) is 0.307. The first-order valence-corrected chi connectivity index (χ1v) is 7.85. The number of rotatable bonds is 4.